The lowest BCUT2D eigenvalue weighted by atomic mass is 9.88. The van der Waals surface area contributed by atoms with Gasteiger partial charge in [0.05, 0.1) is 25.9 Å². The van der Waals surface area contributed by atoms with Crippen molar-refractivity contribution in [3.63, 3.8) is 0 Å². The average Bonchev–Trinajstić information content (AvgIpc) is 2.42. The molecule has 1 aromatic carbocycles. The number of benzene rings is 1. The van der Waals surface area contributed by atoms with Gasteiger partial charge in [0.1, 0.15) is 0 Å². The fraction of sp³-hybridized carbons (Fsp3) is 0.647. The minimum Gasteiger partial charge on any atom is -0.371 e. The molecule has 1 heterocycles. The lowest BCUT2D eigenvalue weighted by Crippen LogP contribution is -2.37. The van der Waals surface area contributed by atoms with Crippen LogP contribution in [0.25, 0.3) is 0 Å². The normalized spacial score (nSPS) is 22.3. The Kier molecular flexibility index (Phi) is 8.32. The van der Waals surface area contributed by atoms with Crippen LogP contribution < -0.4 is 0 Å². The Hall–Kier alpha value is 1.29. The standard InChI is InChI=1S/C17H23I3O3/c1-17(2,3)8-13-4-5-22-15(23-13)10-21-9-11-6-12(18)7-14(19)16(11)20/h6-7,13,15H,4-5,8-10H2,1-3H3. The van der Waals surface area contributed by atoms with Crippen LogP contribution in [0.2, 0.25) is 0 Å². The summed E-state index contributed by atoms with van der Waals surface area (Å²) in [5, 5.41) is 0. The highest BCUT2D eigenvalue weighted by Gasteiger charge is 2.27. The maximum Gasteiger partial charge on any atom is 0.181 e. The Bertz CT molecular complexity index is 529. The molecular formula is C17H23I3O3. The van der Waals surface area contributed by atoms with Crippen molar-refractivity contribution in [2.24, 2.45) is 5.41 Å². The number of rotatable bonds is 5. The highest BCUT2D eigenvalue weighted by Crippen LogP contribution is 2.27. The van der Waals surface area contributed by atoms with Gasteiger partial charge in [0.15, 0.2) is 6.29 Å². The molecule has 0 aliphatic carbocycles. The number of hydrogen-bond acceptors (Lipinski definition) is 3. The predicted molar refractivity (Wildman–Crippen MR) is 118 cm³/mol. The highest BCUT2D eigenvalue weighted by molar-refractivity contribution is 14.1. The third-order valence-electron chi connectivity index (χ3n) is 3.51. The number of ether oxygens (including phenoxy) is 3. The van der Waals surface area contributed by atoms with Crippen LogP contribution in [0, 0.1) is 16.1 Å². The first kappa shape index (κ1) is 20.6. The van der Waals surface area contributed by atoms with Gasteiger partial charge >= 0.3 is 0 Å². The zero-order valence-corrected chi connectivity index (χ0v) is 20.2. The first-order chi connectivity index (χ1) is 10.7. The lowest BCUT2D eigenvalue weighted by molar-refractivity contribution is -0.237. The second-order valence-electron chi connectivity index (χ2n) is 6.99. The van der Waals surface area contributed by atoms with Gasteiger partial charge in [-0.15, -0.1) is 0 Å². The van der Waals surface area contributed by atoms with Crippen LogP contribution in [0.15, 0.2) is 12.1 Å². The first-order valence-corrected chi connectivity index (χ1v) is 11.0. The van der Waals surface area contributed by atoms with E-state index in [1.165, 1.54) is 16.3 Å². The average molecular weight is 656 g/mol. The van der Waals surface area contributed by atoms with Crippen molar-refractivity contribution in [1.29, 1.82) is 0 Å². The van der Waals surface area contributed by atoms with E-state index in [0.717, 1.165) is 19.4 Å². The largest absolute Gasteiger partial charge is 0.371 e. The maximum atomic E-state index is 6.03. The van der Waals surface area contributed by atoms with E-state index < -0.39 is 0 Å². The Morgan fingerprint density at radius 3 is 2.65 bits per heavy atom. The number of halogens is 3. The molecule has 0 saturated carbocycles. The summed E-state index contributed by atoms with van der Waals surface area (Å²) in [4.78, 5) is 0. The molecule has 2 unspecified atom stereocenters. The highest BCUT2D eigenvalue weighted by atomic mass is 127. The lowest BCUT2D eigenvalue weighted by Gasteiger charge is -2.33. The van der Waals surface area contributed by atoms with Gasteiger partial charge in [-0.1, -0.05) is 20.8 Å². The predicted octanol–water partition coefficient (Wildman–Crippen LogP) is 5.58. The third kappa shape index (κ3) is 7.20. The van der Waals surface area contributed by atoms with E-state index in [1.807, 2.05) is 0 Å². The Balaban J connectivity index is 1.82. The molecule has 1 saturated heterocycles. The molecule has 0 spiro atoms. The molecule has 0 amide bonds. The molecule has 0 N–H and O–H groups in total. The number of hydrogen-bond donors (Lipinski definition) is 0. The van der Waals surface area contributed by atoms with Gasteiger partial charge in [0.2, 0.25) is 0 Å². The van der Waals surface area contributed by atoms with E-state index in [4.69, 9.17) is 14.2 Å². The van der Waals surface area contributed by atoms with Crippen molar-refractivity contribution in [3.8, 4) is 0 Å². The summed E-state index contributed by atoms with van der Waals surface area (Å²) >= 11 is 7.09. The van der Waals surface area contributed by atoms with Crippen LogP contribution >= 0.6 is 67.8 Å². The van der Waals surface area contributed by atoms with Gasteiger partial charge in [-0.05, 0) is 104 Å². The summed E-state index contributed by atoms with van der Waals surface area (Å²) in [7, 11) is 0. The summed E-state index contributed by atoms with van der Waals surface area (Å²) in [6, 6.07) is 4.35. The van der Waals surface area contributed by atoms with E-state index in [0.29, 0.717) is 13.2 Å². The van der Waals surface area contributed by atoms with Crippen LogP contribution in [0.1, 0.15) is 39.2 Å². The summed E-state index contributed by atoms with van der Waals surface area (Å²) in [6.45, 7) is 8.58. The van der Waals surface area contributed by atoms with Crippen molar-refractivity contribution in [3.05, 3.63) is 28.4 Å². The molecule has 1 aromatic rings. The van der Waals surface area contributed by atoms with Gasteiger partial charge < -0.3 is 14.2 Å². The molecule has 3 nitrogen and oxygen atoms in total. The molecule has 1 aliphatic heterocycles. The Morgan fingerprint density at radius 2 is 1.96 bits per heavy atom. The van der Waals surface area contributed by atoms with Crippen LogP contribution in [0.3, 0.4) is 0 Å². The summed E-state index contributed by atoms with van der Waals surface area (Å²) < 4.78 is 21.3. The molecule has 1 fully saturated rings. The van der Waals surface area contributed by atoms with Crippen molar-refractivity contribution in [2.45, 2.75) is 52.6 Å². The topological polar surface area (TPSA) is 27.7 Å². The quantitative estimate of drug-likeness (QED) is 0.306. The van der Waals surface area contributed by atoms with Crippen molar-refractivity contribution in [1.82, 2.24) is 0 Å². The van der Waals surface area contributed by atoms with Crippen LogP contribution in [0.5, 0.6) is 0 Å². The zero-order chi connectivity index (χ0) is 17.0. The molecule has 2 atom stereocenters. The van der Waals surface area contributed by atoms with Gasteiger partial charge in [-0.2, -0.15) is 0 Å². The monoisotopic (exact) mass is 656 g/mol. The van der Waals surface area contributed by atoms with E-state index in [2.05, 4.69) is 101 Å². The summed E-state index contributed by atoms with van der Waals surface area (Å²) in [6.07, 6.45) is 2.06. The molecule has 2 rings (SSSR count). The third-order valence-corrected chi connectivity index (χ3v) is 7.29. The molecule has 6 heteroatoms. The van der Waals surface area contributed by atoms with Gasteiger partial charge in [0, 0.05) is 10.7 Å². The molecule has 1 aliphatic rings. The van der Waals surface area contributed by atoms with Gasteiger partial charge in [-0.3, -0.25) is 0 Å². The Morgan fingerprint density at radius 1 is 1.22 bits per heavy atom. The van der Waals surface area contributed by atoms with Gasteiger partial charge in [0.25, 0.3) is 0 Å². The first-order valence-electron chi connectivity index (χ1n) is 7.73. The van der Waals surface area contributed by atoms with E-state index in [1.54, 1.807) is 0 Å². The SMILES string of the molecule is CC(C)(C)CC1CCOC(COCc2cc(I)cc(I)c2I)O1. The minimum atomic E-state index is -0.240. The molecule has 23 heavy (non-hydrogen) atoms. The summed E-state index contributed by atoms with van der Waals surface area (Å²) in [5.74, 6) is 0. The smallest absolute Gasteiger partial charge is 0.181 e. The summed E-state index contributed by atoms with van der Waals surface area (Å²) in [5.41, 5.74) is 1.50. The van der Waals surface area contributed by atoms with Crippen LogP contribution in [-0.2, 0) is 20.8 Å². The van der Waals surface area contributed by atoms with Crippen LogP contribution in [0.4, 0.5) is 0 Å². The molecule has 0 bridgehead atoms. The van der Waals surface area contributed by atoms with E-state index >= 15 is 0 Å². The molecular weight excluding hydrogens is 633 g/mol. The van der Waals surface area contributed by atoms with E-state index in [9.17, 15) is 0 Å². The molecule has 0 aromatic heterocycles. The second-order valence-corrected chi connectivity index (χ2v) is 10.5. The Labute approximate surface area is 180 Å². The fourth-order valence-corrected chi connectivity index (χ4v) is 4.99. The zero-order valence-electron chi connectivity index (χ0n) is 13.7. The molecule has 130 valence electrons. The van der Waals surface area contributed by atoms with Gasteiger partial charge in [-0.25, -0.2) is 0 Å². The van der Waals surface area contributed by atoms with Crippen LogP contribution in [-0.4, -0.2) is 25.6 Å². The minimum absolute atomic E-state index is 0.240. The maximum absolute atomic E-state index is 6.03. The fourth-order valence-electron chi connectivity index (χ4n) is 2.55. The van der Waals surface area contributed by atoms with Crippen molar-refractivity contribution >= 4 is 67.8 Å². The van der Waals surface area contributed by atoms with E-state index in [-0.39, 0.29) is 17.8 Å². The molecule has 0 radical (unpaired) electrons. The van der Waals surface area contributed by atoms with Crippen molar-refractivity contribution in [2.75, 3.05) is 13.2 Å². The second kappa shape index (κ2) is 9.29. The van der Waals surface area contributed by atoms with Crippen molar-refractivity contribution < 1.29 is 14.2 Å².